The standard InChI is InChI=1S/C21H17ClN2O6S/c1-12-2-5-14(9-16(12)22)23-18(25)10-24-20(28)17(31-21(24)29)8-13-3-6-15(7-4-13)30-11-19(26)27/h2-9H,10-11H2,1H3,(H,23,25)(H,26,27)/b17-8+. The van der Waals surface area contributed by atoms with Crippen molar-refractivity contribution in [2.24, 2.45) is 0 Å². The molecule has 1 aliphatic rings. The topological polar surface area (TPSA) is 113 Å². The number of aliphatic carboxylic acids is 1. The van der Waals surface area contributed by atoms with Crippen molar-refractivity contribution in [1.29, 1.82) is 0 Å². The van der Waals surface area contributed by atoms with Crippen molar-refractivity contribution < 1.29 is 29.0 Å². The van der Waals surface area contributed by atoms with Crippen LogP contribution in [0.1, 0.15) is 11.1 Å². The van der Waals surface area contributed by atoms with E-state index in [-0.39, 0.29) is 4.91 Å². The summed E-state index contributed by atoms with van der Waals surface area (Å²) in [6.45, 7) is 0.946. The summed E-state index contributed by atoms with van der Waals surface area (Å²) >= 11 is 6.77. The van der Waals surface area contributed by atoms with Crippen molar-refractivity contribution in [3.05, 3.63) is 63.5 Å². The summed E-state index contributed by atoms with van der Waals surface area (Å²) in [7, 11) is 0. The van der Waals surface area contributed by atoms with Gasteiger partial charge in [-0.1, -0.05) is 29.8 Å². The van der Waals surface area contributed by atoms with Crippen LogP contribution in [0.15, 0.2) is 47.4 Å². The SMILES string of the molecule is Cc1ccc(NC(=O)CN2C(=O)S/C(=C/c3ccc(OCC(=O)O)cc3)C2=O)cc1Cl. The van der Waals surface area contributed by atoms with Gasteiger partial charge in [0.05, 0.1) is 4.91 Å². The van der Waals surface area contributed by atoms with Crippen molar-refractivity contribution in [3.8, 4) is 5.75 Å². The quantitative estimate of drug-likeness (QED) is 0.604. The fourth-order valence-corrected chi connectivity index (χ4v) is 3.63. The molecule has 0 atom stereocenters. The molecule has 0 radical (unpaired) electrons. The predicted octanol–water partition coefficient (Wildman–Crippen LogP) is 3.79. The molecular formula is C21H17ClN2O6S. The molecular weight excluding hydrogens is 444 g/mol. The highest BCUT2D eigenvalue weighted by Crippen LogP contribution is 2.32. The molecule has 2 aromatic carbocycles. The number of imide groups is 1. The molecule has 1 fully saturated rings. The second-order valence-corrected chi connectivity index (χ2v) is 7.93. The lowest BCUT2D eigenvalue weighted by atomic mass is 10.2. The summed E-state index contributed by atoms with van der Waals surface area (Å²) in [5.41, 5.74) is 1.94. The Balaban J connectivity index is 1.63. The van der Waals surface area contributed by atoms with Gasteiger partial charge in [0.15, 0.2) is 6.61 Å². The minimum Gasteiger partial charge on any atom is -0.482 e. The number of thioether (sulfide) groups is 1. The average Bonchev–Trinajstić information content (AvgIpc) is 2.97. The first-order valence-corrected chi connectivity index (χ1v) is 10.2. The van der Waals surface area contributed by atoms with E-state index in [4.69, 9.17) is 21.4 Å². The number of aryl methyl sites for hydroxylation is 1. The van der Waals surface area contributed by atoms with Crippen LogP contribution in [0.5, 0.6) is 5.75 Å². The molecule has 160 valence electrons. The van der Waals surface area contributed by atoms with Gasteiger partial charge in [-0.2, -0.15) is 0 Å². The summed E-state index contributed by atoms with van der Waals surface area (Å²) < 4.78 is 5.05. The number of carboxylic acid groups (broad SMARTS) is 1. The van der Waals surface area contributed by atoms with Crippen LogP contribution in [0.25, 0.3) is 6.08 Å². The summed E-state index contributed by atoms with van der Waals surface area (Å²) in [5, 5.41) is 11.2. The van der Waals surface area contributed by atoms with Gasteiger partial charge in [0.25, 0.3) is 11.1 Å². The summed E-state index contributed by atoms with van der Waals surface area (Å²) in [5.74, 6) is -1.82. The van der Waals surface area contributed by atoms with Gasteiger partial charge in [-0.05, 0) is 60.2 Å². The second-order valence-electron chi connectivity index (χ2n) is 6.53. The zero-order valence-electron chi connectivity index (χ0n) is 16.3. The van der Waals surface area contributed by atoms with Crippen LogP contribution in [-0.4, -0.2) is 46.2 Å². The summed E-state index contributed by atoms with van der Waals surface area (Å²) in [4.78, 5) is 48.7. The Morgan fingerprint density at radius 3 is 2.55 bits per heavy atom. The Kier molecular flexibility index (Phi) is 6.98. The molecule has 8 nitrogen and oxygen atoms in total. The zero-order chi connectivity index (χ0) is 22.5. The lowest BCUT2D eigenvalue weighted by Crippen LogP contribution is -2.36. The normalized spacial score (nSPS) is 14.8. The summed E-state index contributed by atoms with van der Waals surface area (Å²) in [6.07, 6.45) is 1.52. The molecule has 0 aromatic heterocycles. The van der Waals surface area contributed by atoms with Crippen molar-refractivity contribution >= 4 is 58.1 Å². The van der Waals surface area contributed by atoms with Crippen LogP contribution in [-0.2, 0) is 14.4 Å². The van der Waals surface area contributed by atoms with Crippen LogP contribution in [0.2, 0.25) is 5.02 Å². The number of hydrogen-bond acceptors (Lipinski definition) is 6. The molecule has 10 heteroatoms. The maximum Gasteiger partial charge on any atom is 0.341 e. The van der Waals surface area contributed by atoms with Crippen molar-refractivity contribution in [2.75, 3.05) is 18.5 Å². The molecule has 1 aliphatic heterocycles. The fraction of sp³-hybridized carbons (Fsp3) is 0.143. The van der Waals surface area contributed by atoms with Gasteiger partial charge in [-0.25, -0.2) is 4.79 Å². The molecule has 0 aliphatic carbocycles. The third-order valence-electron chi connectivity index (χ3n) is 4.17. The first kappa shape index (κ1) is 22.4. The molecule has 0 bridgehead atoms. The number of halogens is 1. The Morgan fingerprint density at radius 2 is 1.90 bits per heavy atom. The van der Waals surface area contributed by atoms with E-state index in [2.05, 4.69) is 5.32 Å². The lowest BCUT2D eigenvalue weighted by Gasteiger charge is -2.13. The molecule has 0 spiro atoms. The highest BCUT2D eigenvalue weighted by molar-refractivity contribution is 8.18. The highest BCUT2D eigenvalue weighted by atomic mass is 35.5. The number of nitrogens with zero attached hydrogens (tertiary/aromatic N) is 1. The van der Waals surface area contributed by atoms with Gasteiger partial charge in [0.1, 0.15) is 12.3 Å². The van der Waals surface area contributed by atoms with Gasteiger partial charge < -0.3 is 15.2 Å². The van der Waals surface area contributed by atoms with Crippen molar-refractivity contribution in [1.82, 2.24) is 4.90 Å². The van der Waals surface area contributed by atoms with Gasteiger partial charge in [0, 0.05) is 10.7 Å². The number of anilines is 1. The molecule has 3 amide bonds. The zero-order valence-corrected chi connectivity index (χ0v) is 17.8. The number of amides is 3. The minimum atomic E-state index is -1.09. The van der Waals surface area contributed by atoms with Gasteiger partial charge in [-0.3, -0.25) is 19.3 Å². The smallest absolute Gasteiger partial charge is 0.341 e. The monoisotopic (exact) mass is 460 g/mol. The largest absolute Gasteiger partial charge is 0.482 e. The van der Waals surface area contributed by atoms with E-state index in [0.717, 1.165) is 22.2 Å². The van der Waals surface area contributed by atoms with E-state index >= 15 is 0 Å². The molecule has 1 saturated heterocycles. The van der Waals surface area contributed by atoms with E-state index in [1.54, 1.807) is 42.5 Å². The Labute approximate surface area is 186 Å². The average molecular weight is 461 g/mol. The molecule has 3 rings (SSSR count). The second kappa shape index (κ2) is 9.67. The molecule has 0 unspecified atom stereocenters. The van der Waals surface area contributed by atoms with Gasteiger partial charge in [0.2, 0.25) is 5.91 Å². The molecule has 2 N–H and O–H groups in total. The highest BCUT2D eigenvalue weighted by Gasteiger charge is 2.36. The van der Waals surface area contributed by atoms with Crippen molar-refractivity contribution in [2.45, 2.75) is 6.92 Å². The first-order chi connectivity index (χ1) is 14.7. The van der Waals surface area contributed by atoms with Crippen molar-refractivity contribution in [3.63, 3.8) is 0 Å². The number of hydrogen-bond donors (Lipinski definition) is 2. The number of ether oxygens (including phenoxy) is 1. The molecule has 2 aromatic rings. The maximum absolute atomic E-state index is 12.6. The Bertz CT molecular complexity index is 1080. The Hall–Kier alpha value is -3.30. The molecule has 1 heterocycles. The maximum atomic E-state index is 12.6. The number of rotatable bonds is 7. The Morgan fingerprint density at radius 1 is 1.19 bits per heavy atom. The number of nitrogens with one attached hydrogen (secondary N) is 1. The van der Waals surface area contributed by atoms with Crippen LogP contribution in [0, 0.1) is 6.92 Å². The summed E-state index contributed by atoms with van der Waals surface area (Å²) in [6, 6.07) is 11.4. The third-order valence-corrected chi connectivity index (χ3v) is 5.49. The predicted molar refractivity (Wildman–Crippen MR) is 117 cm³/mol. The van der Waals surface area contributed by atoms with E-state index < -0.39 is 36.2 Å². The fourth-order valence-electron chi connectivity index (χ4n) is 2.61. The van der Waals surface area contributed by atoms with Crippen LogP contribution in [0.4, 0.5) is 10.5 Å². The number of carbonyl (C=O) groups is 4. The van der Waals surface area contributed by atoms with E-state index in [1.165, 1.54) is 6.08 Å². The van der Waals surface area contributed by atoms with Gasteiger partial charge >= 0.3 is 5.97 Å². The third kappa shape index (κ3) is 5.87. The van der Waals surface area contributed by atoms with Crippen LogP contribution < -0.4 is 10.1 Å². The van der Waals surface area contributed by atoms with Crippen LogP contribution >= 0.6 is 23.4 Å². The lowest BCUT2D eigenvalue weighted by molar-refractivity contribution is -0.139. The number of carbonyl (C=O) groups excluding carboxylic acids is 3. The first-order valence-electron chi connectivity index (χ1n) is 8.99. The minimum absolute atomic E-state index is 0.176. The molecule has 31 heavy (non-hydrogen) atoms. The van der Waals surface area contributed by atoms with Gasteiger partial charge in [-0.15, -0.1) is 0 Å². The van der Waals surface area contributed by atoms with E-state index in [9.17, 15) is 19.2 Å². The number of carboxylic acids is 1. The molecule has 0 saturated carbocycles. The van der Waals surface area contributed by atoms with E-state index in [1.807, 2.05) is 6.92 Å². The van der Waals surface area contributed by atoms with Crippen LogP contribution in [0.3, 0.4) is 0 Å². The number of benzene rings is 2. The van der Waals surface area contributed by atoms with E-state index in [0.29, 0.717) is 22.0 Å².